The molecule has 34 heavy (non-hydrogen) atoms. The van der Waals surface area contributed by atoms with Gasteiger partial charge in [0.25, 0.3) is 21.8 Å². The number of benzene rings is 2. The molecule has 2 heterocycles. The Morgan fingerprint density at radius 1 is 0.941 bits per heavy atom. The highest BCUT2D eigenvalue weighted by Gasteiger charge is 2.30. The third-order valence-corrected chi connectivity index (χ3v) is 9.41. The smallest absolute Gasteiger partial charge is 0.264 e. The van der Waals surface area contributed by atoms with Crippen molar-refractivity contribution in [3.63, 3.8) is 0 Å². The SMILES string of the molecule is CNC(=O)c1c(NC(=O)c2ccc(S(=O)(=O)N3CCCc4ccccc43)cc2)sc2c1CCC2. The highest BCUT2D eigenvalue weighted by atomic mass is 32.2. The van der Waals surface area contributed by atoms with Crippen molar-refractivity contribution in [2.75, 3.05) is 23.2 Å². The zero-order valence-corrected chi connectivity index (χ0v) is 20.4. The van der Waals surface area contributed by atoms with Gasteiger partial charge in [-0.3, -0.25) is 13.9 Å². The Morgan fingerprint density at radius 3 is 2.47 bits per heavy atom. The van der Waals surface area contributed by atoms with E-state index in [1.165, 1.54) is 39.9 Å². The van der Waals surface area contributed by atoms with Crippen LogP contribution in [0.15, 0.2) is 53.4 Å². The van der Waals surface area contributed by atoms with Gasteiger partial charge in [-0.15, -0.1) is 11.3 Å². The normalized spacial score (nSPS) is 14.9. The van der Waals surface area contributed by atoms with Crippen LogP contribution in [0.1, 0.15) is 49.6 Å². The molecule has 0 spiro atoms. The minimum Gasteiger partial charge on any atom is -0.355 e. The van der Waals surface area contributed by atoms with Gasteiger partial charge in [-0.2, -0.15) is 0 Å². The van der Waals surface area contributed by atoms with Crippen molar-refractivity contribution >= 4 is 43.9 Å². The maximum atomic E-state index is 13.3. The molecule has 1 aliphatic carbocycles. The topological polar surface area (TPSA) is 95.6 Å². The number of nitrogens with one attached hydrogen (secondary N) is 2. The number of sulfonamides is 1. The zero-order valence-electron chi connectivity index (χ0n) is 18.8. The summed E-state index contributed by atoms with van der Waals surface area (Å²) in [5, 5.41) is 6.06. The lowest BCUT2D eigenvalue weighted by molar-refractivity contribution is 0.0963. The van der Waals surface area contributed by atoms with Crippen LogP contribution in [-0.2, 0) is 29.3 Å². The summed E-state index contributed by atoms with van der Waals surface area (Å²) >= 11 is 1.44. The minimum absolute atomic E-state index is 0.141. The van der Waals surface area contributed by atoms with Crippen LogP contribution in [0.5, 0.6) is 0 Å². The number of hydrogen-bond acceptors (Lipinski definition) is 5. The summed E-state index contributed by atoms with van der Waals surface area (Å²) in [6, 6.07) is 13.5. The number of rotatable bonds is 5. The van der Waals surface area contributed by atoms with E-state index >= 15 is 0 Å². The molecule has 2 aliphatic rings. The van der Waals surface area contributed by atoms with Crippen LogP contribution in [0.4, 0.5) is 10.7 Å². The van der Waals surface area contributed by atoms with Gasteiger partial charge in [0.15, 0.2) is 0 Å². The first-order valence-corrected chi connectivity index (χ1v) is 13.5. The highest BCUT2D eigenvalue weighted by molar-refractivity contribution is 7.92. The predicted octanol–water partition coefficient (Wildman–Crippen LogP) is 3.99. The van der Waals surface area contributed by atoms with Crippen LogP contribution in [0.3, 0.4) is 0 Å². The lowest BCUT2D eigenvalue weighted by Gasteiger charge is -2.30. The largest absolute Gasteiger partial charge is 0.355 e. The van der Waals surface area contributed by atoms with Crippen LogP contribution < -0.4 is 14.9 Å². The van der Waals surface area contributed by atoms with E-state index in [-0.39, 0.29) is 16.7 Å². The van der Waals surface area contributed by atoms with Crippen LogP contribution in [0.2, 0.25) is 0 Å². The van der Waals surface area contributed by atoms with Gasteiger partial charge in [-0.25, -0.2) is 8.42 Å². The van der Waals surface area contributed by atoms with Gasteiger partial charge in [-0.1, -0.05) is 18.2 Å². The molecule has 7 nitrogen and oxygen atoms in total. The molecule has 0 saturated carbocycles. The molecule has 2 amide bonds. The minimum atomic E-state index is -3.75. The van der Waals surface area contributed by atoms with Gasteiger partial charge >= 0.3 is 0 Å². The number of fused-ring (bicyclic) bond motifs is 2. The van der Waals surface area contributed by atoms with Crippen molar-refractivity contribution in [1.29, 1.82) is 0 Å². The van der Waals surface area contributed by atoms with Gasteiger partial charge in [-0.05, 0) is 73.6 Å². The monoisotopic (exact) mass is 495 g/mol. The van der Waals surface area contributed by atoms with E-state index < -0.39 is 10.0 Å². The molecule has 1 aliphatic heterocycles. The number of para-hydroxylation sites is 1. The van der Waals surface area contributed by atoms with Gasteiger partial charge in [0, 0.05) is 24.0 Å². The lowest BCUT2D eigenvalue weighted by Crippen LogP contribution is -2.35. The molecule has 9 heteroatoms. The van der Waals surface area contributed by atoms with Crippen molar-refractivity contribution in [1.82, 2.24) is 5.32 Å². The van der Waals surface area contributed by atoms with Gasteiger partial charge < -0.3 is 10.6 Å². The average Bonchev–Trinajstić information content (AvgIpc) is 3.44. The Morgan fingerprint density at radius 2 is 1.71 bits per heavy atom. The first-order valence-electron chi connectivity index (χ1n) is 11.3. The molecule has 0 fully saturated rings. The summed E-state index contributed by atoms with van der Waals surface area (Å²) in [7, 11) is -2.17. The third kappa shape index (κ3) is 3.88. The van der Waals surface area contributed by atoms with Crippen molar-refractivity contribution in [3.8, 4) is 0 Å². The van der Waals surface area contributed by atoms with Crippen molar-refractivity contribution < 1.29 is 18.0 Å². The predicted molar refractivity (Wildman–Crippen MR) is 133 cm³/mol. The second kappa shape index (κ2) is 8.88. The molecule has 1 aromatic heterocycles. The van der Waals surface area contributed by atoms with E-state index in [1.54, 1.807) is 7.05 Å². The molecule has 0 radical (unpaired) electrons. The second-order valence-electron chi connectivity index (χ2n) is 8.43. The molecule has 2 aromatic carbocycles. The second-order valence-corrected chi connectivity index (χ2v) is 11.4. The first kappa shape index (κ1) is 22.6. The standard InChI is InChI=1S/C25H25N3O4S2/c1-26-24(30)22-19-8-4-10-21(19)33-25(22)27-23(29)17-11-13-18(14-12-17)34(31,32)28-15-5-7-16-6-2-3-9-20(16)28/h2-3,6,9,11-14H,4-5,7-8,10,15H2,1H3,(H,26,30)(H,27,29). The summed E-state index contributed by atoms with van der Waals surface area (Å²) in [4.78, 5) is 26.7. The van der Waals surface area contributed by atoms with E-state index in [4.69, 9.17) is 0 Å². The van der Waals surface area contributed by atoms with Crippen LogP contribution in [0, 0.1) is 0 Å². The molecule has 0 saturated heterocycles. The molecular weight excluding hydrogens is 470 g/mol. The van der Waals surface area contributed by atoms with Crippen molar-refractivity contribution in [2.24, 2.45) is 0 Å². The summed E-state index contributed by atoms with van der Waals surface area (Å²) < 4.78 is 28.1. The van der Waals surface area contributed by atoms with Crippen molar-refractivity contribution in [3.05, 3.63) is 75.7 Å². The Labute approximate surface area is 202 Å². The Hall–Kier alpha value is -3.17. The molecule has 0 unspecified atom stereocenters. The fraction of sp³-hybridized carbons (Fsp3) is 0.280. The molecule has 176 valence electrons. The number of amides is 2. The van der Waals surface area contributed by atoms with E-state index in [0.717, 1.165) is 48.1 Å². The Balaban J connectivity index is 1.38. The lowest BCUT2D eigenvalue weighted by atomic mass is 10.0. The third-order valence-electron chi connectivity index (χ3n) is 6.37. The van der Waals surface area contributed by atoms with Crippen LogP contribution in [0.25, 0.3) is 0 Å². The van der Waals surface area contributed by atoms with Gasteiger partial charge in [0.2, 0.25) is 0 Å². The summed E-state index contributed by atoms with van der Waals surface area (Å²) in [5.41, 5.74) is 3.61. The number of nitrogens with zero attached hydrogens (tertiary/aromatic N) is 1. The number of carbonyl (C=O) groups excluding carboxylic acids is 2. The fourth-order valence-electron chi connectivity index (χ4n) is 4.69. The maximum absolute atomic E-state index is 13.3. The van der Waals surface area contributed by atoms with E-state index in [0.29, 0.717) is 28.4 Å². The number of carbonyl (C=O) groups is 2. The molecular formula is C25H25N3O4S2. The summed E-state index contributed by atoms with van der Waals surface area (Å²) in [6.45, 7) is 0.424. The highest BCUT2D eigenvalue weighted by Crippen LogP contribution is 2.39. The first-order chi connectivity index (χ1) is 16.4. The van der Waals surface area contributed by atoms with E-state index in [2.05, 4.69) is 10.6 Å². The van der Waals surface area contributed by atoms with Crippen LogP contribution in [-0.4, -0.2) is 33.8 Å². The van der Waals surface area contributed by atoms with E-state index in [9.17, 15) is 18.0 Å². The Bertz CT molecular complexity index is 1380. The van der Waals surface area contributed by atoms with E-state index in [1.807, 2.05) is 24.3 Å². The Kier molecular flexibility index (Phi) is 5.91. The molecule has 3 aromatic rings. The molecule has 0 bridgehead atoms. The summed E-state index contributed by atoms with van der Waals surface area (Å²) in [6.07, 6.45) is 4.36. The average molecular weight is 496 g/mol. The molecule has 5 rings (SSSR count). The molecule has 2 N–H and O–H groups in total. The van der Waals surface area contributed by atoms with Crippen molar-refractivity contribution in [2.45, 2.75) is 37.0 Å². The maximum Gasteiger partial charge on any atom is 0.264 e. The number of hydrogen-bond donors (Lipinski definition) is 2. The van der Waals surface area contributed by atoms with Gasteiger partial charge in [0.05, 0.1) is 16.1 Å². The quantitative estimate of drug-likeness (QED) is 0.560. The zero-order chi connectivity index (χ0) is 23.9. The van der Waals surface area contributed by atoms with Gasteiger partial charge in [0.1, 0.15) is 5.00 Å². The number of anilines is 2. The summed E-state index contributed by atoms with van der Waals surface area (Å²) in [5.74, 6) is -0.588. The fourth-order valence-corrected chi connectivity index (χ4v) is 7.51. The number of thiophene rings is 1. The number of aryl methyl sites for hydroxylation is 2. The van der Waals surface area contributed by atoms with Crippen LogP contribution >= 0.6 is 11.3 Å². The molecule has 0 atom stereocenters.